The fourth-order valence-electron chi connectivity index (χ4n) is 3.83. The summed E-state index contributed by atoms with van der Waals surface area (Å²) in [5.41, 5.74) is 4.24. The molecule has 2 heterocycles. The monoisotopic (exact) mass is 463 g/mol. The molecule has 2 aromatic heterocycles. The first-order valence-corrected chi connectivity index (χ1v) is 11.4. The number of carbonyl (C=O) groups is 1. The van der Waals surface area contributed by atoms with Gasteiger partial charge >= 0.3 is 0 Å². The summed E-state index contributed by atoms with van der Waals surface area (Å²) in [5, 5.41) is 1.12. The van der Waals surface area contributed by atoms with Crippen molar-refractivity contribution in [3.63, 3.8) is 0 Å². The van der Waals surface area contributed by atoms with Gasteiger partial charge in [0.25, 0.3) is 5.91 Å². The number of hydrogen-bond donors (Lipinski definition) is 1. The van der Waals surface area contributed by atoms with Crippen molar-refractivity contribution in [2.45, 2.75) is 39.2 Å². The van der Waals surface area contributed by atoms with E-state index in [2.05, 4.69) is 55.0 Å². The van der Waals surface area contributed by atoms with Crippen LogP contribution in [0, 0.1) is 5.82 Å². The van der Waals surface area contributed by atoms with Gasteiger partial charge in [-0.2, -0.15) is 0 Å². The minimum Gasteiger partial charge on any atom is -0.359 e. The van der Waals surface area contributed by atoms with Crippen LogP contribution in [-0.2, 0) is 18.4 Å². The fourth-order valence-corrected chi connectivity index (χ4v) is 4.03. The largest absolute Gasteiger partial charge is 0.359 e. The number of nitrogens with zero attached hydrogens (tertiary/aromatic N) is 2. The van der Waals surface area contributed by atoms with Gasteiger partial charge in [0.15, 0.2) is 5.69 Å². The number of fused-ring (bicyclic) bond motifs is 1. The second-order valence-electron chi connectivity index (χ2n) is 9.29. The lowest BCUT2D eigenvalue weighted by atomic mass is 9.87. The number of aromatic nitrogens is 2. The van der Waals surface area contributed by atoms with E-state index in [9.17, 15) is 9.18 Å². The lowest BCUT2D eigenvalue weighted by Crippen LogP contribution is -2.33. The maximum atomic E-state index is 13.6. The maximum Gasteiger partial charge on any atom is 0.275 e. The lowest BCUT2D eigenvalue weighted by molar-refractivity contribution is 0.0741. The molecule has 0 fully saturated rings. The summed E-state index contributed by atoms with van der Waals surface area (Å²) < 4.78 is 13.3. The Labute approximate surface area is 198 Å². The molecule has 0 saturated carbocycles. The fraction of sp³-hybridized carbons (Fsp3) is 0.259. The van der Waals surface area contributed by atoms with Crippen molar-refractivity contribution in [1.29, 1.82) is 0 Å². The Kier molecular flexibility index (Phi) is 6.52. The van der Waals surface area contributed by atoms with Crippen molar-refractivity contribution in [2.75, 3.05) is 6.54 Å². The first-order chi connectivity index (χ1) is 15.7. The smallest absolute Gasteiger partial charge is 0.275 e. The lowest BCUT2D eigenvalue weighted by Gasteiger charge is -2.24. The van der Waals surface area contributed by atoms with Crippen molar-refractivity contribution in [3.05, 3.63) is 100 Å². The highest BCUT2D eigenvalue weighted by Crippen LogP contribution is 2.24. The van der Waals surface area contributed by atoms with Gasteiger partial charge in [0, 0.05) is 24.7 Å². The molecule has 4 nitrogen and oxygen atoms in total. The predicted octanol–water partition coefficient (Wildman–Crippen LogP) is 6.54. The standard InChI is InChI=1S/C27H27ClFN3O/c1-27(2,3)21-8-4-19(5-9-21)17-32(15-13-18-6-10-22(29)11-7-18)26(33)25-24-20(12-14-30-24)16-23(28)31-25/h4-12,14,16,30H,13,15,17H2,1-3H3. The number of carbonyl (C=O) groups excluding carboxylic acids is 1. The molecule has 6 heteroatoms. The molecule has 0 unspecified atom stereocenters. The summed E-state index contributed by atoms with van der Waals surface area (Å²) >= 11 is 6.21. The zero-order chi connectivity index (χ0) is 23.6. The summed E-state index contributed by atoms with van der Waals surface area (Å²) in [5.74, 6) is -0.477. The van der Waals surface area contributed by atoms with Gasteiger partial charge in [0.05, 0.1) is 5.52 Å². The van der Waals surface area contributed by atoms with Crippen molar-refractivity contribution >= 4 is 28.4 Å². The minimum absolute atomic E-state index is 0.0561. The number of H-pyrrole nitrogens is 1. The molecule has 0 aliphatic carbocycles. The molecule has 1 amide bonds. The average molecular weight is 464 g/mol. The Morgan fingerprint density at radius 2 is 1.70 bits per heavy atom. The molecule has 0 saturated heterocycles. The molecule has 4 aromatic rings. The highest BCUT2D eigenvalue weighted by Gasteiger charge is 2.22. The Hall–Kier alpha value is -3.18. The van der Waals surface area contributed by atoms with E-state index in [1.54, 1.807) is 29.3 Å². The van der Waals surface area contributed by atoms with E-state index in [4.69, 9.17) is 11.6 Å². The molecular weight excluding hydrogens is 437 g/mol. The summed E-state index contributed by atoms with van der Waals surface area (Å²) in [6, 6.07) is 18.3. The van der Waals surface area contributed by atoms with Crippen LogP contribution in [0.25, 0.3) is 10.9 Å². The van der Waals surface area contributed by atoms with Crippen molar-refractivity contribution in [3.8, 4) is 0 Å². The number of rotatable bonds is 6. The van der Waals surface area contributed by atoms with Crippen LogP contribution < -0.4 is 0 Å². The van der Waals surface area contributed by atoms with Crippen LogP contribution in [0.4, 0.5) is 4.39 Å². The van der Waals surface area contributed by atoms with Crippen molar-refractivity contribution in [1.82, 2.24) is 14.9 Å². The zero-order valence-corrected chi connectivity index (χ0v) is 19.8. The summed E-state index contributed by atoms with van der Waals surface area (Å²) in [4.78, 5) is 22.9. The normalized spacial score (nSPS) is 11.7. The molecule has 0 aliphatic heterocycles. The Balaban J connectivity index is 1.63. The molecule has 4 rings (SSSR count). The molecule has 0 bridgehead atoms. The molecule has 2 aromatic carbocycles. The Morgan fingerprint density at radius 3 is 2.36 bits per heavy atom. The van der Waals surface area contributed by atoms with Crippen LogP contribution in [0.15, 0.2) is 66.9 Å². The van der Waals surface area contributed by atoms with Crippen LogP contribution in [0.1, 0.15) is 48.0 Å². The van der Waals surface area contributed by atoms with Crippen molar-refractivity contribution in [2.24, 2.45) is 0 Å². The summed E-state index contributed by atoms with van der Waals surface area (Å²) in [7, 11) is 0. The summed E-state index contributed by atoms with van der Waals surface area (Å²) in [6.45, 7) is 7.41. The van der Waals surface area contributed by atoms with Gasteiger partial charge in [0.1, 0.15) is 11.0 Å². The molecule has 0 aliphatic rings. The van der Waals surface area contributed by atoms with Crippen LogP contribution in [0.5, 0.6) is 0 Å². The van der Waals surface area contributed by atoms with Crippen LogP contribution in [-0.4, -0.2) is 27.3 Å². The molecule has 33 heavy (non-hydrogen) atoms. The quantitative estimate of drug-likeness (QED) is 0.330. The van der Waals surface area contributed by atoms with E-state index >= 15 is 0 Å². The second-order valence-corrected chi connectivity index (χ2v) is 9.67. The Bertz CT molecular complexity index is 1260. The second kappa shape index (κ2) is 9.36. The first-order valence-electron chi connectivity index (χ1n) is 11.0. The Morgan fingerprint density at radius 1 is 1.03 bits per heavy atom. The number of hydrogen-bond acceptors (Lipinski definition) is 2. The molecule has 0 radical (unpaired) electrons. The summed E-state index contributed by atoms with van der Waals surface area (Å²) in [6.07, 6.45) is 2.37. The van der Waals surface area contributed by atoms with Gasteiger partial charge in [-0.3, -0.25) is 4.79 Å². The highest BCUT2D eigenvalue weighted by molar-refractivity contribution is 6.30. The van der Waals surface area contributed by atoms with Crippen LogP contribution >= 0.6 is 11.6 Å². The predicted molar refractivity (Wildman–Crippen MR) is 131 cm³/mol. The van der Waals surface area contributed by atoms with Crippen molar-refractivity contribution < 1.29 is 9.18 Å². The molecule has 170 valence electrons. The molecule has 0 spiro atoms. The van der Waals surface area contributed by atoms with E-state index in [0.29, 0.717) is 30.7 Å². The van der Waals surface area contributed by atoms with Gasteiger partial charge in [-0.1, -0.05) is 68.8 Å². The van der Waals surface area contributed by atoms with E-state index < -0.39 is 0 Å². The number of benzene rings is 2. The highest BCUT2D eigenvalue weighted by atomic mass is 35.5. The molecular formula is C27H27ClFN3O. The third-order valence-corrected chi connectivity index (χ3v) is 5.97. The average Bonchev–Trinajstić information content (AvgIpc) is 3.25. The van der Waals surface area contributed by atoms with Gasteiger partial charge in [0.2, 0.25) is 0 Å². The van der Waals surface area contributed by atoms with Crippen LogP contribution in [0.3, 0.4) is 0 Å². The van der Waals surface area contributed by atoms with Gasteiger partial charge < -0.3 is 9.88 Å². The van der Waals surface area contributed by atoms with Gasteiger partial charge in [-0.15, -0.1) is 0 Å². The number of pyridine rings is 1. The van der Waals surface area contributed by atoms with E-state index in [0.717, 1.165) is 16.5 Å². The number of aromatic amines is 1. The van der Waals surface area contributed by atoms with Crippen LogP contribution in [0.2, 0.25) is 5.15 Å². The van der Waals surface area contributed by atoms with E-state index in [1.807, 2.05) is 6.07 Å². The van der Waals surface area contributed by atoms with E-state index in [-0.39, 0.29) is 22.3 Å². The third kappa shape index (κ3) is 5.42. The minimum atomic E-state index is -0.275. The third-order valence-electron chi connectivity index (χ3n) is 5.78. The number of halogens is 2. The number of nitrogens with one attached hydrogen (secondary N) is 1. The topological polar surface area (TPSA) is 49.0 Å². The SMILES string of the molecule is CC(C)(C)c1ccc(CN(CCc2ccc(F)cc2)C(=O)c2nc(Cl)cc3cc[nH]c23)cc1. The molecule has 1 N–H and O–H groups in total. The molecule has 0 atom stereocenters. The zero-order valence-electron chi connectivity index (χ0n) is 19.0. The number of amides is 1. The van der Waals surface area contributed by atoms with E-state index in [1.165, 1.54) is 17.7 Å². The maximum absolute atomic E-state index is 13.6. The van der Waals surface area contributed by atoms with Gasteiger partial charge in [-0.05, 0) is 52.8 Å². The van der Waals surface area contributed by atoms with Gasteiger partial charge in [-0.25, -0.2) is 9.37 Å². The first kappa shape index (κ1) is 23.0.